The number of benzene rings is 1. The fourth-order valence-corrected chi connectivity index (χ4v) is 2.21. The minimum atomic E-state index is -0.0834. The quantitative estimate of drug-likeness (QED) is 0.840. The fourth-order valence-electron chi connectivity index (χ4n) is 2.21. The van der Waals surface area contributed by atoms with Crippen LogP contribution in [0, 0.1) is 5.92 Å². The summed E-state index contributed by atoms with van der Waals surface area (Å²) in [7, 11) is 0. The van der Waals surface area contributed by atoms with E-state index in [1.54, 1.807) is 4.90 Å². The Morgan fingerprint density at radius 1 is 1.38 bits per heavy atom. The number of carbonyl (C=O) groups is 1. The van der Waals surface area contributed by atoms with Gasteiger partial charge in [-0.15, -0.1) is 0 Å². The highest BCUT2D eigenvalue weighted by Gasteiger charge is 2.33. The molecule has 86 valence electrons. The van der Waals surface area contributed by atoms with Gasteiger partial charge in [-0.3, -0.25) is 4.79 Å². The molecule has 16 heavy (non-hydrogen) atoms. The molecule has 3 nitrogen and oxygen atoms in total. The molecule has 0 saturated heterocycles. The number of amides is 1. The van der Waals surface area contributed by atoms with E-state index < -0.39 is 0 Å². The van der Waals surface area contributed by atoms with Gasteiger partial charge in [0.25, 0.3) is 5.91 Å². The van der Waals surface area contributed by atoms with Gasteiger partial charge >= 0.3 is 0 Å². The molecule has 0 radical (unpaired) electrons. The number of hydrogen-bond donors (Lipinski definition) is 1. The van der Waals surface area contributed by atoms with Gasteiger partial charge < -0.3 is 10.0 Å². The van der Waals surface area contributed by atoms with Crippen LogP contribution in [-0.4, -0.2) is 28.6 Å². The first kappa shape index (κ1) is 11.1. The molecular formula is C13H17NO2. The lowest BCUT2D eigenvalue weighted by Gasteiger charge is -2.29. The minimum Gasteiger partial charge on any atom is -0.394 e. The topological polar surface area (TPSA) is 40.5 Å². The zero-order valence-corrected chi connectivity index (χ0v) is 9.68. The Morgan fingerprint density at radius 2 is 2.06 bits per heavy atom. The molecule has 1 aliphatic heterocycles. The van der Waals surface area contributed by atoms with Gasteiger partial charge in [0, 0.05) is 12.1 Å². The van der Waals surface area contributed by atoms with Gasteiger partial charge in [0.2, 0.25) is 0 Å². The molecule has 0 fully saturated rings. The average Bonchev–Trinajstić information content (AvgIpc) is 2.58. The number of aliphatic hydroxyl groups excluding tert-OH is 1. The first-order valence-corrected chi connectivity index (χ1v) is 5.65. The van der Waals surface area contributed by atoms with Crippen molar-refractivity contribution in [3.8, 4) is 0 Å². The Hall–Kier alpha value is -1.35. The standard InChI is InChI=1S/C13H17NO2/c1-9(2)12(8-15)14-7-10-5-3-4-6-11(10)13(14)16/h3-6,9,12,15H,7-8H2,1-2H3/t12-/m1/s1. The lowest BCUT2D eigenvalue weighted by atomic mass is 10.0. The Bertz CT molecular complexity index is 401. The number of hydrogen-bond acceptors (Lipinski definition) is 2. The first-order valence-electron chi connectivity index (χ1n) is 5.65. The van der Waals surface area contributed by atoms with Crippen LogP contribution in [0.1, 0.15) is 29.8 Å². The maximum atomic E-state index is 12.1. The van der Waals surface area contributed by atoms with E-state index in [1.807, 2.05) is 38.1 Å². The third-order valence-corrected chi connectivity index (χ3v) is 3.21. The smallest absolute Gasteiger partial charge is 0.254 e. The normalized spacial score (nSPS) is 16.8. The van der Waals surface area contributed by atoms with Gasteiger partial charge in [0.1, 0.15) is 0 Å². The van der Waals surface area contributed by atoms with Crippen molar-refractivity contribution in [2.45, 2.75) is 26.4 Å². The Labute approximate surface area is 95.7 Å². The number of aliphatic hydroxyl groups is 1. The Balaban J connectivity index is 2.27. The summed E-state index contributed by atoms with van der Waals surface area (Å²) < 4.78 is 0. The molecule has 0 aromatic heterocycles. The summed E-state index contributed by atoms with van der Waals surface area (Å²) in [5.74, 6) is 0.312. The van der Waals surface area contributed by atoms with E-state index in [0.717, 1.165) is 11.1 Å². The molecule has 1 aromatic carbocycles. The van der Waals surface area contributed by atoms with Crippen LogP contribution in [-0.2, 0) is 6.54 Å². The van der Waals surface area contributed by atoms with Gasteiger partial charge in [0.05, 0.1) is 12.6 Å². The average molecular weight is 219 g/mol. The third kappa shape index (κ3) is 1.71. The van der Waals surface area contributed by atoms with E-state index in [-0.39, 0.29) is 24.5 Å². The second-order valence-corrected chi connectivity index (χ2v) is 4.58. The van der Waals surface area contributed by atoms with Crippen LogP contribution in [0.5, 0.6) is 0 Å². The minimum absolute atomic E-state index is 0.0252. The maximum Gasteiger partial charge on any atom is 0.254 e. The van der Waals surface area contributed by atoms with Crippen molar-refractivity contribution in [1.82, 2.24) is 4.90 Å². The van der Waals surface area contributed by atoms with Gasteiger partial charge in [0.15, 0.2) is 0 Å². The van der Waals surface area contributed by atoms with E-state index in [2.05, 4.69) is 0 Å². The largest absolute Gasteiger partial charge is 0.394 e. The third-order valence-electron chi connectivity index (χ3n) is 3.21. The molecule has 2 rings (SSSR count). The summed E-state index contributed by atoms with van der Waals surface area (Å²) in [6.07, 6.45) is 0. The molecule has 0 spiro atoms. The molecule has 0 bridgehead atoms. The van der Waals surface area contributed by atoms with Gasteiger partial charge in [-0.05, 0) is 17.5 Å². The SMILES string of the molecule is CC(C)[C@@H](CO)N1Cc2ccccc2C1=O. The van der Waals surface area contributed by atoms with Gasteiger partial charge in [-0.25, -0.2) is 0 Å². The van der Waals surface area contributed by atoms with Crippen molar-refractivity contribution in [1.29, 1.82) is 0 Å². The summed E-state index contributed by atoms with van der Waals surface area (Å²) in [5.41, 5.74) is 1.84. The van der Waals surface area contributed by atoms with E-state index >= 15 is 0 Å². The maximum absolute atomic E-state index is 12.1. The summed E-state index contributed by atoms with van der Waals surface area (Å²) in [6, 6.07) is 7.57. The van der Waals surface area contributed by atoms with Crippen LogP contribution in [0.15, 0.2) is 24.3 Å². The highest BCUT2D eigenvalue weighted by Crippen LogP contribution is 2.26. The van der Waals surface area contributed by atoms with Crippen LogP contribution in [0.4, 0.5) is 0 Å². The van der Waals surface area contributed by atoms with Crippen molar-refractivity contribution >= 4 is 5.91 Å². The zero-order valence-electron chi connectivity index (χ0n) is 9.68. The first-order chi connectivity index (χ1) is 7.65. The van der Waals surface area contributed by atoms with Gasteiger partial charge in [-0.2, -0.15) is 0 Å². The van der Waals surface area contributed by atoms with Crippen LogP contribution in [0.25, 0.3) is 0 Å². The summed E-state index contributed by atoms with van der Waals surface area (Å²) in [6.45, 7) is 4.70. The molecule has 1 amide bonds. The molecule has 1 aliphatic rings. The van der Waals surface area contributed by atoms with E-state index in [9.17, 15) is 9.90 Å². The lowest BCUT2D eigenvalue weighted by molar-refractivity contribution is 0.0532. The summed E-state index contributed by atoms with van der Waals surface area (Å²) in [4.78, 5) is 13.9. The van der Waals surface area contributed by atoms with Crippen molar-refractivity contribution in [3.63, 3.8) is 0 Å². The molecule has 1 heterocycles. The molecule has 1 aromatic rings. The van der Waals surface area contributed by atoms with Crippen molar-refractivity contribution in [2.75, 3.05) is 6.61 Å². The number of fused-ring (bicyclic) bond motifs is 1. The molecule has 1 N–H and O–H groups in total. The van der Waals surface area contributed by atoms with Crippen molar-refractivity contribution in [2.24, 2.45) is 5.92 Å². The second kappa shape index (κ2) is 4.26. The van der Waals surface area contributed by atoms with Crippen molar-refractivity contribution in [3.05, 3.63) is 35.4 Å². The predicted molar refractivity (Wildman–Crippen MR) is 62.0 cm³/mol. The van der Waals surface area contributed by atoms with E-state index in [4.69, 9.17) is 0 Å². The molecular weight excluding hydrogens is 202 g/mol. The number of rotatable bonds is 3. The highest BCUT2D eigenvalue weighted by atomic mass is 16.3. The molecule has 0 saturated carbocycles. The van der Waals surface area contributed by atoms with Gasteiger partial charge in [-0.1, -0.05) is 32.0 Å². The summed E-state index contributed by atoms with van der Waals surface area (Å²) >= 11 is 0. The fraction of sp³-hybridized carbons (Fsp3) is 0.462. The molecule has 3 heteroatoms. The predicted octanol–water partition coefficient (Wildman–Crippen LogP) is 1.66. The summed E-state index contributed by atoms with van der Waals surface area (Å²) in [5, 5.41) is 9.36. The molecule has 0 unspecified atom stereocenters. The number of carbonyl (C=O) groups excluding carboxylic acids is 1. The Morgan fingerprint density at radius 3 is 2.62 bits per heavy atom. The highest BCUT2D eigenvalue weighted by molar-refractivity contribution is 5.98. The zero-order chi connectivity index (χ0) is 11.7. The second-order valence-electron chi connectivity index (χ2n) is 4.58. The van der Waals surface area contributed by atoms with Crippen LogP contribution in [0.2, 0.25) is 0 Å². The van der Waals surface area contributed by atoms with E-state index in [1.165, 1.54) is 0 Å². The molecule has 1 atom stereocenters. The van der Waals surface area contributed by atoms with Crippen LogP contribution < -0.4 is 0 Å². The Kier molecular flexibility index (Phi) is 2.97. The van der Waals surface area contributed by atoms with E-state index in [0.29, 0.717) is 6.54 Å². The van der Waals surface area contributed by atoms with Crippen LogP contribution in [0.3, 0.4) is 0 Å². The molecule has 0 aliphatic carbocycles. The monoisotopic (exact) mass is 219 g/mol. The van der Waals surface area contributed by atoms with Crippen LogP contribution >= 0.6 is 0 Å². The lowest BCUT2D eigenvalue weighted by Crippen LogP contribution is -2.41. The van der Waals surface area contributed by atoms with Crippen molar-refractivity contribution < 1.29 is 9.90 Å². The number of nitrogens with zero attached hydrogens (tertiary/aromatic N) is 1.